The fourth-order valence-electron chi connectivity index (χ4n) is 1.84. The number of carbonyl (C=O) groups excluding carboxylic acids is 1. The lowest BCUT2D eigenvalue weighted by molar-refractivity contribution is 0.102. The Morgan fingerprint density at radius 1 is 1.05 bits per heavy atom. The van der Waals surface area contributed by atoms with Crippen LogP contribution in [-0.4, -0.2) is 11.9 Å². The molecule has 2 rings (SSSR count). The molecular weight excluding hydrogens is 328 g/mol. The SMILES string of the molecule is CCC(C)Nc1ccc(NC(=O)c2ccc(Br)cc2)cc1. The molecule has 0 heterocycles. The zero-order valence-electron chi connectivity index (χ0n) is 12.2. The van der Waals surface area contributed by atoms with Gasteiger partial charge < -0.3 is 10.6 Å². The van der Waals surface area contributed by atoms with Crippen LogP contribution in [0, 0.1) is 0 Å². The third-order valence-corrected chi connectivity index (χ3v) is 3.80. The van der Waals surface area contributed by atoms with Crippen LogP contribution in [-0.2, 0) is 0 Å². The van der Waals surface area contributed by atoms with E-state index < -0.39 is 0 Å². The first-order valence-corrected chi connectivity index (χ1v) is 7.81. The minimum Gasteiger partial charge on any atom is -0.383 e. The monoisotopic (exact) mass is 346 g/mol. The summed E-state index contributed by atoms with van der Waals surface area (Å²) < 4.78 is 0.958. The number of anilines is 2. The molecule has 0 fully saturated rings. The Labute approximate surface area is 133 Å². The van der Waals surface area contributed by atoms with Gasteiger partial charge in [0.25, 0.3) is 5.91 Å². The summed E-state index contributed by atoms with van der Waals surface area (Å²) in [6, 6.07) is 15.5. The van der Waals surface area contributed by atoms with E-state index in [2.05, 4.69) is 40.4 Å². The van der Waals surface area contributed by atoms with Crippen LogP contribution in [0.15, 0.2) is 53.0 Å². The molecule has 3 nitrogen and oxygen atoms in total. The van der Waals surface area contributed by atoms with Gasteiger partial charge >= 0.3 is 0 Å². The Hall–Kier alpha value is -1.81. The second-order valence-electron chi connectivity index (χ2n) is 4.99. The van der Waals surface area contributed by atoms with Crippen LogP contribution in [0.2, 0.25) is 0 Å². The summed E-state index contributed by atoms with van der Waals surface area (Å²) in [4.78, 5) is 12.1. The second-order valence-corrected chi connectivity index (χ2v) is 5.91. The fraction of sp³-hybridized carbons (Fsp3) is 0.235. The minimum atomic E-state index is -0.106. The van der Waals surface area contributed by atoms with Gasteiger partial charge in [-0.3, -0.25) is 4.79 Å². The maximum absolute atomic E-state index is 12.1. The number of hydrogen-bond acceptors (Lipinski definition) is 2. The quantitative estimate of drug-likeness (QED) is 0.807. The molecule has 0 saturated carbocycles. The van der Waals surface area contributed by atoms with Crippen LogP contribution < -0.4 is 10.6 Å². The van der Waals surface area contributed by atoms with E-state index >= 15 is 0 Å². The standard InChI is InChI=1S/C17H19BrN2O/c1-3-12(2)19-15-8-10-16(11-9-15)20-17(21)13-4-6-14(18)7-5-13/h4-12,19H,3H2,1-2H3,(H,20,21). The van der Waals surface area contributed by atoms with Gasteiger partial charge in [0, 0.05) is 27.5 Å². The lowest BCUT2D eigenvalue weighted by atomic mass is 10.2. The minimum absolute atomic E-state index is 0.106. The maximum atomic E-state index is 12.1. The molecule has 4 heteroatoms. The lowest BCUT2D eigenvalue weighted by Gasteiger charge is -2.13. The van der Waals surface area contributed by atoms with Crippen molar-refractivity contribution in [3.05, 3.63) is 58.6 Å². The third kappa shape index (κ3) is 4.60. The van der Waals surface area contributed by atoms with Crippen molar-refractivity contribution in [3.63, 3.8) is 0 Å². The molecule has 0 saturated heterocycles. The molecule has 0 aliphatic heterocycles. The molecule has 1 unspecified atom stereocenters. The van der Waals surface area contributed by atoms with Crippen molar-refractivity contribution in [2.45, 2.75) is 26.3 Å². The summed E-state index contributed by atoms with van der Waals surface area (Å²) in [6.45, 7) is 4.29. The highest BCUT2D eigenvalue weighted by Gasteiger charge is 2.06. The van der Waals surface area contributed by atoms with E-state index in [0.29, 0.717) is 11.6 Å². The Kier molecular flexibility index (Phi) is 5.39. The molecule has 0 spiro atoms. The zero-order chi connectivity index (χ0) is 15.2. The molecule has 21 heavy (non-hydrogen) atoms. The molecule has 2 N–H and O–H groups in total. The summed E-state index contributed by atoms with van der Waals surface area (Å²) in [5.41, 5.74) is 2.49. The summed E-state index contributed by atoms with van der Waals surface area (Å²) in [6.07, 6.45) is 1.07. The Morgan fingerprint density at radius 2 is 1.62 bits per heavy atom. The molecule has 1 atom stereocenters. The topological polar surface area (TPSA) is 41.1 Å². The number of amides is 1. The fourth-order valence-corrected chi connectivity index (χ4v) is 2.11. The molecule has 1 amide bonds. The van der Waals surface area contributed by atoms with Crippen LogP contribution in [0.5, 0.6) is 0 Å². The molecular formula is C17H19BrN2O. The van der Waals surface area contributed by atoms with Gasteiger partial charge in [-0.05, 0) is 61.9 Å². The van der Waals surface area contributed by atoms with Gasteiger partial charge in [-0.2, -0.15) is 0 Å². The van der Waals surface area contributed by atoms with Crippen LogP contribution in [0.3, 0.4) is 0 Å². The molecule has 0 aromatic heterocycles. The number of rotatable bonds is 5. The number of carbonyl (C=O) groups is 1. The van der Waals surface area contributed by atoms with E-state index in [4.69, 9.17) is 0 Å². The van der Waals surface area contributed by atoms with Crippen molar-refractivity contribution in [2.75, 3.05) is 10.6 Å². The van der Waals surface area contributed by atoms with Gasteiger partial charge in [0.05, 0.1) is 0 Å². The zero-order valence-corrected chi connectivity index (χ0v) is 13.8. The predicted molar refractivity (Wildman–Crippen MR) is 91.9 cm³/mol. The van der Waals surface area contributed by atoms with Gasteiger partial charge in [0.1, 0.15) is 0 Å². The first-order chi connectivity index (χ1) is 10.1. The lowest BCUT2D eigenvalue weighted by Crippen LogP contribution is -2.14. The molecule has 2 aromatic rings. The van der Waals surface area contributed by atoms with E-state index in [9.17, 15) is 4.79 Å². The van der Waals surface area contributed by atoms with Gasteiger partial charge in [-0.15, -0.1) is 0 Å². The third-order valence-electron chi connectivity index (χ3n) is 3.27. The summed E-state index contributed by atoms with van der Waals surface area (Å²) >= 11 is 3.36. The average molecular weight is 347 g/mol. The van der Waals surface area contributed by atoms with Gasteiger partial charge in [0.2, 0.25) is 0 Å². The van der Waals surface area contributed by atoms with Crippen molar-refractivity contribution in [1.29, 1.82) is 0 Å². The van der Waals surface area contributed by atoms with E-state index in [1.165, 1.54) is 0 Å². The number of benzene rings is 2. The highest BCUT2D eigenvalue weighted by molar-refractivity contribution is 9.10. The summed E-state index contributed by atoms with van der Waals surface area (Å²) in [5, 5.41) is 6.28. The molecule has 0 bridgehead atoms. The van der Waals surface area contributed by atoms with E-state index in [1.807, 2.05) is 36.4 Å². The van der Waals surface area contributed by atoms with Crippen molar-refractivity contribution in [1.82, 2.24) is 0 Å². The van der Waals surface area contributed by atoms with Crippen LogP contribution in [0.4, 0.5) is 11.4 Å². The summed E-state index contributed by atoms with van der Waals surface area (Å²) in [7, 11) is 0. The molecule has 2 aromatic carbocycles. The van der Waals surface area contributed by atoms with E-state index in [0.717, 1.165) is 22.3 Å². The molecule has 0 aliphatic rings. The predicted octanol–water partition coefficient (Wildman–Crippen LogP) is 4.91. The smallest absolute Gasteiger partial charge is 0.255 e. The van der Waals surface area contributed by atoms with Crippen molar-refractivity contribution >= 4 is 33.2 Å². The van der Waals surface area contributed by atoms with Crippen LogP contribution in [0.1, 0.15) is 30.6 Å². The summed E-state index contributed by atoms with van der Waals surface area (Å²) in [5.74, 6) is -0.106. The first kappa shape index (κ1) is 15.6. The van der Waals surface area contributed by atoms with Gasteiger partial charge in [-0.25, -0.2) is 0 Å². The highest BCUT2D eigenvalue weighted by atomic mass is 79.9. The Morgan fingerprint density at radius 3 is 2.19 bits per heavy atom. The second kappa shape index (κ2) is 7.27. The van der Waals surface area contributed by atoms with Crippen molar-refractivity contribution < 1.29 is 4.79 Å². The molecule has 110 valence electrons. The average Bonchev–Trinajstić information content (AvgIpc) is 2.49. The molecule has 0 aliphatic carbocycles. The maximum Gasteiger partial charge on any atom is 0.255 e. The van der Waals surface area contributed by atoms with Crippen molar-refractivity contribution in [3.8, 4) is 0 Å². The molecule has 0 radical (unpaired) electrons. The Balaban J connectivity index is 1.99. The van der Waals surface area contributed by atoms with E-state index in [1.54, 1.807) is 12.1 Å². The van der Waals surface area contributed by atoms with Gasteiger partial charge in [0.15, 0.2) is 0 Å². The highest BCUT2D eigenvalue weighted by Crippen LogP contribution is 2.17. The number of hydrogen-bond donors (Lipinski definition) is 2. The number of halogens is 1. The largest absolute Gasteiger partial charge is 0.383 e. The van der Waals surface area contributed by atoms with Crippen molar-refractivity contribution in [2.24, 2.45) is 0 Å². The van der Waals surface area contributed by atoms with E-state index in [-0.39, 0.29) is 5.91 Å². The van der Waals surface area contributed by atoms with Crippen LogP contribution >= 0.6 is 15.9 Å². The normalized spacial score (nSPS) is 11.8. The first-order valence-electron chi connectivity index (χ1n) is 7.02. The number of nitrogens with one attached hydrogen (secondary N) is 2. The Bertz CT molecular complexity index is 593. The van der Waals surface area contributed by atoms with Gasteiger partial charge in [-0.1, -0.05) is 22.9 Å². The van der Waals surface area contributed by atoms with Crippen LogP contribution in [0.25, 0.3) is 0 Å².